The Hall–Kier alpha value is -2.34. The van der Waals surface area contributed by atoms with Crippen molar-refractivity contribution in [3.05, 3.63) is 64.7 Å². The zero-order valence-corrected chi connectivity index (χ0v) is 18.1. The molecule has 154 valence electrons. The number of rotatable bonds is 5. The Kier molecular flexibility index (Phi) is 5.38. The van der Waals surface area contributed by atoms with Gasteiger partial charge in [0, 0.05) is 26.4 Å². The Balaban J connectivity index is 1.32. The van der Waals surface area contributed by atoms with Crippen LogP contribution in [-0.4, -0.2) is 34.2 Å². The molecule has 0 aliphatic heterocycles. The van der Waals surface area contributed by atoms with E-state index in [2.05, 4.69) is 39.9 Å². The van der Waals surface area contributed by atoms with Gasteiger partial charge in [0.25, 0.3) is 0 Å². The Bertz CT molecular complexity index is 1050. The lowest BCUT2D eigenvalue weighted by atomic mass is 9.92. The third-order valence-electron chi connectivity index (χ3n) is 6.32. The van der Waals surface area contributed by atoms with Crippen molar-refractivity contribution in [3.8, 4) is 0 Å². The zero-order valence-electron chi connectivity index (χ0n) is 17.3. The number of nitrogens with zero attached hydrogens (tertiary/aromatic N) is 1. The van der Waals surface area contributed by atoms with Crippen molar-refractivity contribution in [2.45, 2.75) is 37.1 Å². The Labute approximate surface area is 173 Å². The largest absolute Gasteiger partial charge is 0.356 e. The van der Waals surface area contributed by atoms with Crippen LogP contribution in [0.1, 0.15) is 34.6 Å². The molecule has 2 aliphatic carbocycles. The summed E-state index contributed by atoms with van der Waals surface area (Å²) in [6.07, 6.45) is 3.72. The fourth-order valence-electron chi connectivity index (χ4n) is 4.85. The van der Waals surface area contributed by atoms with E-state index in [1.54, 1.807) is 18.7 Å². The summed E-state index contributed by atoms with van der Waals surface area (Å²) in [6, 6.07) is 14.3. The molecular weight excluding hydrogens is 382 g/mol. The molecular formula is C23H29N3O2S. The molecule has 2 aromatic rings. The number of hydrogen-bond acceptors (Lipinski definition) is 3. The summed E-state index contributed by atoms with van der Waals surface area (Å²) in [6.45, 7) is 3.36. The number of aryl methyl sites for hydroxylation is 2. The molecule has 1 saturated carbocycles. The number of aliphatic imine (C=N–C) groups is 1. The van der Waals surface area contributed by atoms with Crippen LogP contribution in [0.3, 0.4) is 0 Å². The SMILES string of the molecule is CN=C(NCc1ccc(S(C)(=O)=O)c(C)c1)NCC1C2CCc3ccccc3C21. The fraction of sp³-hybridized carbons (Fsp3) is 0.435. The molecule has 29 heavy (non-hydrogen) atoms. The van der Waals surface area contributed by atoms with Crippen molar-refractivity contribution in [2.75, 3.05) is 19.8 Å². The van der Waals surface area contributed by atoms with Gasteiger partial charge >= 0.3 is 0 Å². The average molecular weight is 412 g/mol. The Morgan fingerprint density at radius 3 is 2.69 bits per heavy atom. The highest BCUT2D eigenvalue weighted by atomic mass is 32.2. The van der Waals surface area contributed by atoms with E-state index in [4.69, 9.17) is 0 Å². The highest BCUT2D eigenvalue weighted by Gasteiger charge is 2.52. The Morgan fingerprint density at radius 1 is 1.17 bits per heavy atom. The van der Waals surface area contributed by atoms with E-state index in [0.29, 0.717) is 23.3 Å². The van der Waals surface area contributed by atoms with Crippen LogP contribution < -0.4 is 10.6 Å². The maximum atomic E-state index is 11.8. The van der Waals surface area contributed by atoms with Crippen LogP contribution in [0, 0.1) is 18.8 Å². The minimum Gasteiger partial charge on any atom is -0.356 e. The van der Waals surface area contributed by atoms with Crippen LogP contribution in [0.5, 0.6) is 0 Å². The number of hydrogen-bond donors (Lipinski definition) is 2. The predicted octanol–water partition coefficient (Wildman–Crippen LogP) is 3.04. The molecule has 5 nitrogen and oxygen atoms in total. The number of fused-ring (bicyclic) bond motifs is 3. The van der Waals surface area contributed by atoms with E-state index in [9.17, 15) is 8.42 Å². The molecule has 1 fully saturated rings. The number of guanidine groups is 1. The molecule has 0 saturated heterocycles. The minimum absolute atomic E-state index is 0.389. The van der Waals surface area contributed by atoms with E-state index < -0.39 is 9.84 Å². The van der Waals surface area contributed by atoms with Gasteiger partial charge in [-0.2, -0.15) is 0 Å². The maximum Gasteiger partial charge on any atom is 0.191 e. The first-order chi connectivity index (χ1) is 13.9. The highest BCUT2D eigenvalue weighted by Crippen LogP contribution is 2.59. The van der Waals surface area contributed by atoms with Crippen molar-refractivity contribution in [1.82, 2.24) is 10.6 Å². The van der Waals surface area contributed by atoms with Crippen molar-refractivity contribution < 1.29 is 8.42 Å². The molecule has 3 atom stereocenters. The molecule has 4 rings (SSSR count). The molecule has 0 radical (unpaired) electrons. The topological polar surface area (TPSA) is 70.6 Å². The van der Waals surface area contributed by atoms with E-state index in [1.807, 2.05) is 19.1 Å². The summed E-state index contributed by atoms with van der Waals surface area (Å²) in [5.74, 6) is 2.94. The minimum atomic E-state index is -3.19. The van der Waals surface area contributed by atoms with E-state index in [1.165, 1.54) is 24.7 Å². The molecule has 6 heteroatoms. The van der Waals surface area contributed by atoms with Gasteiger partial charge in [-0.15, -0.1) is 0 Å². The van der Waals surface area contributed by atoms with Crippen LogP contribution in [0.2, 0.25) is 0 Å². The molecule has 2 aliphatic rings. The second-order valence-electron chi connectivity index (χ2n) is 8.27. The highest BCUT2D eigenvalue weighted by molar-refractivity contribution is 7.90. The van der Waals surface area contributed by atoms with Gasteiger partial charge in [-0.25, -0.2) is 8.42 Å². The molecule has 3 unspecified atom stereocenters. The standard InChI is InChI=1S/C23H29N3O2S/c1-15-12-16(8-11-21(15)29(3,27)28)13-25-23(24-2)26-14-20-19-10-9-17-6-4-5-7-18(17)22(19)20/h4-8,11-12,19-20,22H,9-10,13-14H2,1-3H3,(H2,24,25,26). The van der Waals surface area contributed by atoms with E-state index in [-0.39, 0.29) is 0 Å². The summed E-state index contributed by atoms with van der Waals surface area (Å²) >= 11 is 0. The van der Waals surface area contributed by atoms with Gasteiger partial charge in [-0.1, -0.05) is 36.4 Å². The molecule has 2 N–H and O–H groups in total. The van der Waals surface area contributed by atoms with Gasteiger partial charge in [0.1, 0.15) is 0 Å². The van der Waals surface area contributed by atoms with E-state index >= 15 is 0 Å². The molecule has 0 bridgehead atoms. The lowest BCUT2D eigenvalue weighted by Gasteiger charge is -2.13. The third kappa shape index (κ3) is 4.17. The molecule has 0 amide bonds. The van der Waals surface area contributed by atoms with Crippen molar-refractivity contribution in [2.24, 2.45) is 16.8 Å². The average Bonchev–Trinajstić information content (AvgIpc) is 3.41. The first-order valence-corrected chi connectivity index (χ1v) is 12.1. The van der Waals surface area contributed by atoms with Crippen LogP contribution >= 0.6 is 0 Å². The zero-order chi connectivity index (χ0) is 20.6. The van der Waals surface area contributed by atoms with Gasteiger partial charge in [0.2, 0.25) is 0 Å². The molecule has 0 spiro atoms. The lowest BCUT2D eigenvalue weighted by Crippen LogP contribution is -2.38. The quantitative estimate of drug-likeness (QED) is 0.586. The summed E-state index contributed by atoms with van der Waals surface area (Å²) in [7, 11) is -1.41. The smallest absolute Gasteiger partial charge is 0.191 e. The van der Waals surface area contributed by atoms with Crippen LogP contribution in [-0.2, 0) is 22.8 Å². The summed E-state index contributed by atoms with van der Waals surface area (Å²) in [5, 5.41) is 6.83. The number of sulfone groups is 1. The van der Waals surface area contributed by atoms with Crippen molar-refractivity contribution in [3.63, 3.8) is 0 Å². The first kappa shape index (κ1) is 20.0. The Morgan fingerprint density at radius 2 is 1.97 bits per heavy atom. The van der Waals surface area contributed by atoms with Gasteiger partial charge in [0.15, 0.2) is 15.8 Å². The lowest BCUT2D eigenvalue weighted by molar-refractivity contribution is 0.601. The van der Waals surface area contributed by atoms with Gasteiger partial charge < -0.3 is 10.6 Å². The fourth-order valence-corrected chi connectivity index (χ4v) is 5.80. The summed E-state index contributed by atoms with van der Waals surface area (Å²) < 4.78 is 23.5. The summed E-state index contributed by atoms with van der Waals surface area (Å²) in [5.41, 5.74) is 4.87. The monoisotopic (exact) mass is 411 g/mol. The second kappa shape index (κ2) is 7.82. The number of nitrogens with one attached hydrogen (secondary N) is 2. The third-order valence-corrected chi connectivity index (χ3v) is 7.58. The van der Waals surface area contributed by atoms with Crippen molar-refractivity contribution in [1.29, 1.82) is 0 Å². The summed E-state index contributed by atoms with van der Waals surface area (Å²) in [4.78, 5) is 4.73. The molecule has 0 aromatic heterocycles. The molecule has 0 heterocycles. The van der Waals surface area contributed by atoms with Crippen LogP contribution in [0.15, 0.2) is 52.4 Å². The van der Waals surface area contributed by atoms with Gasteiger partial charge in [0.05, 0.1) is 4.90 Å². The number of benzene rings is 2. The van der Waals surface area contributed by atoms with Gasteiger partial charge in [-0.05, 0) is 65.8 Å². The maximum absolute atomic E-state index is 11.8. The van der Waals surface area contributed by atoms with Crippen LogP contribution in [0.4, 0.5) is 0 Å². The van der Waals surface area contributed by atoms with Crippen molar-refractivity contribution >= 4 is 15.8 Å². The van der Waals surface area contributed by atoms with Gasteiger partial charge in [-0.3, -0.25) is 4.99 Å². The molecule has 2 aromatic carbocycles. The van der Waals surface area contributed by atoms with E-state index in [0.717, 1.165) is 29.5 Å². The predicted molar refractivity (Wildman–Crippen MR) is 117 cm³/mol. The normalized spacial score (nSPS) is 23.1. The first-order valence-electron chi connectivity index (χ1n) is 10.2. The van der Waals surface area contributed by atoms with Crippen LogP contribution in [0.25, 0.3) is 0 Å². The second-order valence-corrected chi connectivity index (χ2v) is 10.3.